The van der Waals surface area contributed by atoms with Gasteiger partial charge in [0.1, 0.15) is 0 Å². The number of pyridine rings is 2. The van der Waals surface area contributed by atoms with Crippen molar-refractivity contribution in [1.82, 2.24) is 14.5 Å². The van der Waals surface area contributed by atoms with E-state index in [1.54, 1.807) is 24.7 Å². The van der Waals surface area contributed by atoms with Gasteiger partial charge in [0.05, 0.1) is 12.5 Å². The van der Waals surface area contributed by atoms with Gasteiger partial charge in [0, 0.05) is 49.1 Å². The normalized spacial score (nSPS) is 13.1. The zero-order valence-electron chi connectivity index (χ0n) is 23.3. The number of hydrogen-bond donors (Lipinski definition) is 1. The topological polar surface area (TPSA) is 92.5 Å². The first-order valence-electron chi connectivity index (χ1n) is 13.1. The van der Waals surface area contributed by atoms with Crippen LogP contribution in [0, 0.1) is 19.8 Å². The minimum Gasteiger partial charge on any atom is -0.481 e. The number of nitrogens with zero attached hydrogens (tertiary/aromatic N) is 3. The van der Waals surface area contributed by atoms with Crippen molar-refractivity contribution in [3.63, 3.8) is 0 Å². The number of aromatic nitrogens is 2. The first-order valence-corrected chi connectivity index (χ1v) is 13.1. The summed E-state index contributed by atoms with van der Waals surface area (Å²) < 4.78 is 1.50. The molecule has 202 valence electrons. The van der Waals surface area contributed by atoms with Crippen LogP contribution >= 0.6 is 0 Å². The average molecular weight is 518 g/mol. The minimum atomic E-state index is -0.981. The van der Waals surface area contributed by atoms with Gasteiger partial charge >= 0.3 is 5.97 Å². The molecule has 0 saturated heterocycles. The van der Waals surface area contributed by atoms with Gasteiger partial charge in [-0.2, -0.15) is 0 Å². The molecule has 0 fully saturated rings. The third kappa shape index (κ3) is 7.48. The molecule has 3 rings (SSSR count). The first kappa shape index (κ1) is 29.0. The average Bonchev–Trinajstić information content (AvgIpc) is 2.82. The van der Waals surface area contributed by atoms with Gasteiger partial charge in [-0.1, -0.05) is 32.0 Å². The lowest BCUT2D eigenvalue weighted by molar-refractivity contribution is -0.137. The molecule has 0 aliphatic rings. The van der Waals surface area contributed by atoms with E-state index >= 15 is 0 Å². The lowest BCUT2D eigenvalue weighted by atomic mass is 9.86. The Morgan fingerprint density at radius 2 is 1.71 bits per heavy atom. The van der Waals surface area contributed by atoms with Gasteiger partial charge in [0.2, 0.25) is 0 Å². The van der Waals surface area contributed by atoms with Gasteiger partial charge in [-0.25, -0.2) is 0 Å². The molecule has 0 aliphatic carbocycles. The Hall–Kier alpha value is -3.58. The molecule has 1 unspecified atom stereocenters. The fraction of sp³-hybridized carbons (Fsp3) is 0.419. The largest absolute Gasteiger partial charge is 0.481 e. The van der Waals surface area contributed by atoms with E-state index in [2.05, 4.69) is 4.98 Å². The van der Waals surface area contributed by atoms with Crippen LogP contribution in [0.15, 0.2) is 59.8 Å². The third-order valence-corrected chi connectivity index (χ3v) is 6.78. The number of carbonyl (C=O) groups is 2. The van der Waals surface area contributed by atoms with Crippen molar-refractivity contribution < 1.29 is 14.7 Å². The Kier molecular flexibility index (Phi) is 9.75. The van der Waals surface area contributed by atoms with Crippen molar-refractivity contribution in [2.45, 2.75) is 65.5 Å². The number of hydrogen-bond acceptors (Lipinski definition) is 5. The highest BCUT2D eigenvalue weighted by Crippen LogP contribution is 2.32. The SMILES string of the molecule is Cc1cccc(C)c1-c1cncc([C@H](CC(=O)O)CC(=O)C(CC(C)C)n2ccc(CN(C)C)cc2=O)c1. The first-order chi connectivity index (χ1) is 18.0. The summed E-state index contributed by atoms with van der Waals surface area (Å²) in [6, 6.07) is 10.8. The summed E-state index contributed by atoms with van der Waals surface area (Å²) in [5.41, 5.74) is 5.52. The van der Waals surface area contributed by atoms with Crippen molar-refractivity contribution in [2.75, 3.05) is 14.1 Å². The molecule has 1 aromatic carbocycles. The zero-order chi connectivity index (χ0) is 28.0. The molecule has 2 heterocycles. The summed E-state index contributed by atoms with van der Waals surface area (Å²) in [6.07, 6.45) is 5.42. The Bertz CT molecular complexity index is 1320. The zero-order valence-corrected chi connectivity index (χ0v) is 23.3. The summed E-state index contributed by atoms with van der Waals surface area (Å²) in [7, 11) is 3.87. The lowest BCUT2D eigenvalue weighted by Crippen LogP contribution is -2.32. The molecule has 0 bridgehead atoms. The maximum Gasteiger partial charge on any atom is 0.303 e. The van der Waals surface area contributed by atoms with Gasteiger partial charge in [-0.05, 0) is 80.2 Å². The van der Waals surface area contributed by atoms with Crippen LogP contribution in [0.3, 0.4) is 0 Å². The number of rotatable bonds is 12. The van der Waals surface area contributed by atoms with E-state index in [0.717, 1.165) is 27.8 Å². The maximum atomic E-state index is 13.7. The van der Waals surface area contributed by atoms with Crippen LogP contribution in [0.25, 0.3) is 11.1 Å². The smallest absolute Gasteiger partial charge is 0.303 e. The van der Waals surface area contributed by atoms with E-state index in [1.165, 1.54) is 4.57 Å². The molecule has 0 aliphatic heterocycles. The maximum absolute atomic E-state index is 13.7. The number of benzene rings is 1. The highest BCUT2D eigenvalue weighted by atomic mass is 16.4. The quantitative estimate of drug-likeness (QED) is 0.346. The highest BCUT2D eigenvalue weighted by molar-refractivity contribution is 5.84. The third-order valence-electron chi connectivity index (χ3n) is 6.78. The van der Waals surface area contributed by atoms with Crippen molar-refractivity contribution >= 4 is 11.8 Å². The minimum absolute atomic E-state index is 0.00740. The molecule has 1 N–H and O–H groups in total. The molecule has 7 nitrogen and oxygen atoms in total. The Morgan fingerprint density at radius 1 is 1.03 bits per heavy atom. The monoisotopic (exact) mass is 517 g/mol. The molecule has 0 radical (unpaired) electrons. The van der Waals surface area contributed by atoms with Crippen molar-refractivity contribution in [2.24, 2.45) is 5.92 Å². The van der Waals surface area contributed by atoms with Crippen molar-refractivity contribution in [1.29, 1.82) is 0 Å². The molecule has 38 heavy (non-hydrogen) atoms. The summed E-state index contributed by atoms with van der Waals surface area (Å²) in [4.78, 5) is 45.0. The van der Waals surface area contributed by atoms with Gasteiger partial charge in [-0.15, -0.1) is 0 Å². The lowest BCUT2D eigenvalue weighted by Gasteiger charge is -2.24. The van der Waals surface area contributed by atoms with E-state index in [0.29, 0.717) is 18.5 Å². The Morgan fingerprint density at radius 3 is 2.29 bits per heavy atom. The van der Waals surface area contributed by atoms with E-state index in [9.17, 15) is 19.5 Å². The van der Waals surface area contributed by atoms with E-state index < -0.39 is 17.9 Å². The number of carbonyl (C=O) groups excluding carboxylic acids is 1. The molecular formula is C31H39N3O4. The van der Waals surface area contributed by atoms with Gasteiger partial charge in [-0.3, -0.25) is 19.4 Å². The van der Waals surface area contributed by atoms with Crippen molar-refractivity contribution in [3.8, 4) is 11.1 Å². The molecule has 3 aromatic rings. The number of carboxylic acid groups (broad SMARTS) is 1. The molecule has 0 saturated carbocycles. The Balaban J connectivity index is 1.96. The number of aryl methyl sites for hydroxylation is 2. The van der Waals surface area contributed by atoms with Gasteiger partial charge in [0.25, 0.3) is 5.56 Å². The molecular weight excluding hydrogens is 478 g/mol. The fourth-order valence-electron chi connectivity index (χ4n) is 5.08. The van der Waals surface area contributed by atoms with Crippen LogP contribution in [-0.2, 0) is 16.1 Å². The van der Waals surface area contributed by atoms with Crippen LogP contribution in [0.5, 0.6) is 0 Å². The van der Waals surface area contributed by atoms with Crippen LogP contribution in [-0.4, -0.2) is 45.4 Å². The fourth-order valence-corrected chi connectivity index (χ4v) is 5.08. The number of carboxylic acids is 1. The van der Waals surface area contributed by atoms with Crippen LogP contribution < -0.4 is 5.56 Å². The van der Waals surface area contributed by atoms with E-state index in [-0.39, 0.29) is 30.1 Å². The number of Topliss-reactive ketones (excluding diaryl/α,β-unsaturated/α-hetero) is 1. The van der Waals surface area contributed by atoms with E-state index in [1.807, 2.05) is 77.0 Å². The predicted molar refractivity (Wildman–Crippen MR) is 150 cm³/mol. The second-order valence-corrected chi connectivity index (χ2v) is 10.9. The second-order valence-electron chi connectivity index (χ2n) is 10.9. The van der Waals surface area contributed by atoms with Crippen molar-refractivity contribution in [3.05, 3.63) is 87.6 Å². The number of ketones is 1. The summed E-state index contributed by atoms with van der Waals surface area (Å²) in [6.45, 7) is 8.72. The molecule has 0 amide bonds. The highest BCUT2D eigenvalue weighted by Gasteiger charge is 2.28. The second kappa shape index (κ2) is 12.8. The molecule has 0 spiro atoms. The van der Waals surface area contributed by atoms with Gasteiger partial charge in [0.15, 0.2) is 5.78 Å². The molecule has 7 heteroatoms. The molecule has 2 atom stereocenters. The summed E-state index contributed by atoms with van der Waals surface area (Å²) in [5.74, 6) is -1.52. The Labute approximate surface area is 225 Å². The summed E-state index contributed by atoms with van der Waals surface area (Å²) in [5, 5.41) is 9.69. The number of aliphatic carboxylic acids is 1. The van der Waals surface area contributed by atoms with Crippen LogP contribution in [0.4, 0.5) is 0 Å². The van der Waals surface area contributed by atoms with Crippen LogP contribution in [0.1, 0.15) is 67.3 Å². The van der Waals surface area contributed by atoms with Crippen LogP contribution in [0.2, 0.25) is 0 Å². The standard InChI is InChI=1S/C31H39N3O4/c1-20(2)12-27(34-11-10-23(13-29(34)36)19-33(5)6)28(35)15-24(16-30(37)38)25-14-26(18-32-17-25)31-21(3)8-7-9-22(31)4/h7-11,13-14,17-18,20,24,27H,12,15-16,19H2,1-6H3,(H,37,38)/t24-,27?/m0/s1. The molecule has 2 aromatic heterocycles. The predicted octanol–water partition coefficient (Wildman–Crippen LogP) is 5.39. The summed E-state index contributed by atoms with van der Waals surface area (Å²) >= 11 is 0. The van der Waals surface area contributed by atoms with E-state index in [4.69, 9.17) is 0 Å². The van der Waals surface area contributed by atoms with Gasteiger partial charge < -0.3 is 14.6 Å².